The number of amides is 1. The maximum absolute atomic E-state index is 12.3. The number of carbonyl (C=O) groups excluding carboxylic acids is 1. The predicted molar refractivity (Wildman–Crippen MR) is 106 cm³/mol. The summed E-state index contributed by atoms with van der Waals surface area (Å²) >= 11 is 1.54. The van der Waals surface area contributed by atoms with Crippen LogP contribution in [0.2, 0.25) is 0 Å². The van der Waals surface area contributed by atoms with Crippen molar-refractivity contribution in [2.24, 2.45) is 0 Å². The molecule has 3 heterocycles. The van der Waals surface area contributed by atoms with Crippen LogP contribution in [0.25, 0.3) is 22.2 Å². The van der Waals surface area contributed by atoms with E-state index >= 15 is 0 Å². The lowest BCUT2D eigenvalue weighted by molar-refractivity contribution is 0.0949. The Bertz CT molecular complexity index is 1150. The Morgan fingerprint density at radius 2 is 1.96 bits per heavy atom. The Balaban J connectivity index is 1.40. The SMILES string of the molecule is O=C(NCCc1nc(-c2ccccn2)cs1)c1cc2ccccc2c(=O)[nH]1. The van der Waals surface area contributed by atoms with Crippen LogP contribution in [0.4, 0.5) is 0 Å². The molecule has 134 valence electrons. The Morgan fingerprint density at radius 1 is 1.11 bits per heavy atom. The fraction of sp³-hybridized carbons (Fsp3) is 0.100. The molecule has 0 saturated carbocycles. The zero-order valence-electron chi connectivity index (χ0n) is 14.3. The first-order valence-electron chi connectivity index (χ1n) is 8.47. The van der Waals surface area contributed by atoms with Gasteiger partial charge in [-0.25, -0.2) is 4.98 Å². The second kappa shape index (κ2) is 7.51. The third-order valence-corrected chi connectivity index (χ3v) is 5.01. The van der Waals surface area contributed by atoms with Gasteiger partial charge in [0.25, 0.3) is 11.5 Å². The van der Waals surface area contributed by atoms with Crippen molar-refractivity contribution < 1.29 is 4.79 Å². The monoisotopic (exact) mass is 376 g/mol. The second-order valence-electron chi connectivity index (χ2n) is 5.95. The first kappa shape index (κ1) is 17.1. The van der Waals surface area contributed by atoms with E-state index in [1.54, 1.807) is 24.4 Å². The van der Waals surface area contributed by atoms with Gasteiger partial charge in [-0.2, -0.15) is 0 Å². The fourth-order valence-corrected chi connectivity index (χ4v) is 3.56. The van der Waals surface area contributed by atoms with Crippen LogP contribution in [0.15, 0.2) is 64.9 Å². The van der Waals surface area contributed by atoms with Crippen molar-refractivity contribution in [3.63, 3.8) is 0 Å². The molecule has 2 N–H and O–H groups in total. The number of rotatable bonds is 5. The molecule has 4 rings (SSSR count). The van der Waals surface area contributed by atoms with Crippen LogP contribution < -0.4 is 10.9 Å². The molecule has 0 unspecified atom stereocenters. The van der Waals surface area contributed by atoms with E-state index < -0.39 is 0 Å². The van der Waals surface area contributed by atoms with Crippen LogP contribution >= 0.6 is 11.3 Å². The number of carbonyl (C=O) groups is 1. The minimum absolute atomic E-state index is 0.256. The maximum Gasteiger partial charge on any atom is 0.267 e. The minimum atomic E-state index is -0.306. The van der Waals surface area contributed by atoms with Crippen molar-refractivity contribution in [1.29, 1.82) is 0 Å². The molecular formula is C20H16N4O2S. The molecule has 1 aromatic carbocycles. The fourth-order valence-electron chi connectivity index (χ4n) is 2.77. The largest absolute Gasteiger partial charge is 0.350 e. The lowest BCUT2D eigenvalue weighted by atomic mass is 10.1. The Morgan fingerprint density at radius 3 is 2.81 bits per heavy atom. The van der Waals surface area contributed by atoms with Gasteiger partial charge < -0.3 is 10.3 Å². The van der Waals surface area contributed by atoms with Crippen molar-refractivity contribution in [1.82, 2.24) is 20.3 Å². The Hall–Kier alpha value is -3.32. The number of H-pyrrole nitrogens is 1. The third-order valence-electron chi connectivity index (χ3n) is 4.10. The molecule has 0 radical (unpaired) electrons. The molecule has 0 bridgehead atoms. The number of aromatic amines is 1. The van der Waals surface area contributed by atoms with Gasteiger partial charge in [0, 0.05) is 29.9 Å². The van der Waals surface area contributed by atoms with Gasteiger partial charge in [0.15, 0.2) is 0 Å². The molecule has 7 heteroatoms. The number of hydrogen-bond donors (Lipinski definition) is 2. The van der Waals surface area contributed by atoms with Crippen LogP contribution in [0.5, 0.6) is 0 Å². The number of hydrogen-bond acceptors (Lipinski definition) is 5. The average Bonchev–Trinajstić information content (AvgIpc) is 3.17. The van der Waals surface area contributed by atoms with Gasteiger partial charge in [-0.05, 0) is 29.7 Å². The van der Waals surface area contributed by atoms with Gasteiger partial charge in [-0.15, -0.1) is 11.3 Å². The highest BCUT2D eigenvalue weighted by atomic mass is 32.1. The van der Waals surface area contributed by atoms with E-state index in [4.69, 9.17) is 0 Å². The van der Waals surface area contributed by atoms with E-state index in [0.717, 1.165) is 21.8 Å². The predicted octanol–water partition coefficient (Wildman–Crippen LogP) is 3.02. The van der Waals surface area contributed by atoms with Crippen LogP contribution in [0, 0.1) is 0 Å². The Kier molecular flexibility index (Phi) is 4.76. The van der Waals surface area contributed by atoms with Gasteiger partial charge in [-0.3, -0.25) is 14.6 Å². The number of thiazole rings is 1. The summed E-state index contributed by atoms with van der Waals surface area (Å²) in [6, 6.07) is 14.6. The summed E-state index contributed by atoms with van der Waals surface area (Å²) in [6.07, 6.45) is 2.35. The van der Waals surface area contributed by atoms with E-state index in [1.807, 2.05) is 35.7 Å². The zero-order chi connectivity index (χ0) is 18.6. The maximum atomic E-state index is 12.3. The van der Waals surface area contributed by atoms with E-state index in [0.29, 0.717) is 18.4 Å². The van der Waals surface area contributed by atoms with Gasteiger partial charge in [-0.1, -0.05) is 24.3 Å². The van der Waals surface area contributed by atoms with Crippen molar-refractivity contribution in [2.75, 3.05) is 6.54 Å². The first-order chi connectivity index (χ1) is 13.2. The molecule has 0 aliphatic carbocycles. The summed E-state index contributed by atoms with van der Waals surface area (Å²) in [5.74, 6) is -0.306. The number of nitrogens with zero attached hydrogens (tertiary/aromatic N) is 2. The van der Waals surface area contributed by atoms with Gasteiger partial charge in [0.2, 0.25) is 0 Å². The van der Waals surface area contributed by atoms with Gasteiger partial charge in [0.05, 0.1) is 16.4 Å². The lowest BCUT2D eigenvalue weighted by Crippen LogP contribution is -2.28. The number of fused-ring (bicyclic) bond motifs is 1. The third kappa shape index (κ3) is 3.78. The second-order valence-corrected chi connectivity index (χ2v) is 6.89. The van der Waals surface area contributed by atoms with Crippen molar-refractivity contribution in [2.45, 2.75) is 6.42 Å². The average molecular weight is 376 g/mol. The van der Waals surface area contributed by atoms with Crippen LogP contribution in [-0.4, -0.2) is 27.4 Å². The summed E-state index contributed by atoms with van der Waals surface area (Å²) in [5.41, 5.74) is 1.66. The lowest BCUT2D eigenvalue weighted by Gasteiger charge is -2.05. The van der Waals surface area contributed by atoms with E-state index in [1.165, 1.54) is 11.3 Å². The summed E-state index contributed by atoms with van der Waals surface area (Å²) < 4.78 is 0. The highest BCUT2D eigenvalue weighted by Gasteiger charge is 2.10. The van der Waals surface area contributed by atoms with Gasteiger partial charge >= 0.3 is 0 Å². The van der Waals surface area contributed by atoms with Crippen LogP contribution in [0.3, 0.4) is 0 Å². The molecule has 27 heavy (non-hydrogen) atoms. The molecule has 0 aliphatic rings. The summed E-state index contributed by atoms with van der Waals surface area (Å²) in [5, 5.41) is 7.02. The van der Waals surface area contributed by atoms with Crippen LogP contribution in [0.1, 0.15) is 15.5 Å². The quantitative estimate of drug-likeness (QED) is 0.560. The molecule has 0 saturated heterocycles. The Labute approximate surface area is 158 Å². The summed E-state index contributed by atoms with van der Waals surface area (Å²) in [4.78, 5) is 35.9. The van der Waals surface area contributed by atoms with Crippen LogP contribution in [-0.2, 0) is 6.42 Å². The highest BCUT2D eigenvalue weighted by Crippen LogP contribution is 2.19. The molecule has 0 atom stereocenters. The van der Waals surface area contributed by atoms with Gasteiger partial charge in [0.1, 0.15) is 5.69 Å². The number of benzene rings is 1. The standard InChI is InChI=1S/C20H16N4O2S/c25-19-14-6-2-1-5-13(14)11-16(24-19)20(26)22-10-8-18-23-17(12-27-18)15-7-3-4-9-21-15/h1-7,9,11-12H,8,10H2,(H,22,26)(H,24,25). The molecule has 0 fully saturated rings. The number of aromatic nitrogens is 3. The van der Waals surface area contributed by atoms with Crippen molar-refractivity contribution in [3.05, 3.63) is 81.2 Å². The zero-order valence-corrected chi connectivity index (χ0v) is 15.1. The van der Waals surface area contributed by atoms with Crippen molar-refractivity contribution in [3.8, 4) is 11.4 Å². The summed E-state index contributed by atoms with van der Waals surface area (Å²) in [6.45, 7) is 0.433. The van der Waals surface area contributed by atoms with Crippen molar-refractivity contribution >= 4 is 28.0 Å². The number of nitrogens with one attached hydrogen (secondary N) is 2. The normalized spacial score (nSPS) is 10.8. The van der Waals surface area contributed by atoms with E-state index in [-0.39, 0.29) is 17.2 Å². The molecule has 0 spiro atoms. The van der Waals surface area contributed by atoms with E-state index in [2.05, 4.69) is 20.3 Å². The highest BCUT2D eigenvalue weighted by molar-refractivity contribution is 7.09. The van der Waals surface area contributed by atoms with E-state index in [9.17, 15) is 9.59 Å². The molecule has 3 aromatic heterocycles. The molecule has 4 aromatic rings. The molecular weight excluding hydrogens is 360 g/mol. The molecule has 6 nitrogen and oxygen atoms in total. The first-order valence-corrected chi connectivity index (χ1v) is 9.35. The topological polar surface area (TPSA) is 87.7 Å². The number of pyridine rings is 2. The minimum Gasteiger partial charge on any atom is -0.350 e. The molecule has 0 aliphatic heterocycles. The summed E-state index contributed by atoms with van der Waals surface area (Å²) in [7, 11) is 0. The molecule has 1 amide bonds. The smallest absolute Gasteiger partial charge is 0.267 e.